The molecule has 2 aromatic carbocycles. The molecule has 98 valence electrons. The molecule has 0 amide bonds. The smallest absolute Gasteiger partial charge is 0.298 e. The Kier molecular flexibility index (Phi) is 3.38. The molecule has 0 unspecified atom stereocenters. The standard InChI is InChI=1S/C14H8F4O/c15-11-4-2-10(3-5-11)12-7-9(8-19)1-6-13(12)14(16,17)18/h1-8H. The molecule has 5 heteroatoms. The lowest BCUT2D eigenvalue weighted by Crippen LogP contribution is -2.07. The zero-order valence-electron chi connectivity index (χ0n) is 9.54. The first-order chi connectivity index (χ1) is 8.91. The van der Waals surface area contributed by atoms with Crippen molar-refractivity contribution in [1.82, 2.24) is 0 Å². The molecule has 0 radical (unpaired) electrons. The first-order valence-electron chi connectivity index (χ1n) is 5.34. The van der Waals surface area contributed by atoms with Gasteiger partial charge in [-0.05, 0) is 35.4 Å². The normalized spacial score (nSPS) is 11.4. The molecule has 0 fully saturated rings. The average Bonchev–Trinajstić information content (AvgIpc) is 2.38. The Bertz CT molecular complexity index is 600. The van der Waals surface area contributed by atoms with Crippen molar-refractivity contribution in [3.8, 4) is 11.1 Å². The van der Waals surface area contributed by atoms with Gasteiger partial charge in [-0.2, -0.15) is 13.2 Å². The Balaban J connectivity index is 2.64. The minimum atomic E-state index is -4.54. The lowest BCUT2D eigenvalue weighted by Gasteiger charge is -2.13. The van der Waals surface area contributed by atoms with Crippen LogP contribution in [0.4, 0.5) is 17.6 Å². The van der Waals surface area contributed by atoms with Crippen LogP contribution in [0.2, 0.25) is 0 Å². The molecule has 0 aromatic heterocycles. The van der Waals surface area contributed by atoms with E-state index in [1.807, 2.05) is 0 Å². The van der Waals surface area contributed by atoms with E-state index in [-0.39, 0.29) is 16.7 Å². The highest BCUT2D eigenvalue weighted by molar-refractivity contribution is 5.80. The summed E-state index contributed by atoms with van der Waals surface area (Å²) in [6, 6.07) is 7.73. The fourth-order valence-electron chi connectivity index (χ4n) is 1.75. The molecular formula is C14H8F4O. The number of carbonyl (C=O) groups excluding carboxylic acids is 1. The van der Waals surface area contributed by atoms with Gasteiger partial charge in [0.25, 0.3) is 0 Å². The second kappa shape index (κ2) is 4.84. The van der Waals surface area contributed by atoms with Gasteiger partial charge in [0.1, 0.15) is 12.1 Å². The maximum Gasteiger partial charge on any atom is 0.417 e. The van der Waals surface area contributed by atoms with E-state index in [1.165, 1.54) is 12.1 Å². The third-order valence-corrected chi connectivity index (χ3v) is 2.64. The number of benzene rings is 2. The van der Waals surface area contributed by atoms with Gasteiger partial charge in [0.2, 0.25) is 0 Å². The van der Waals surface area contributed by atoms with E-state index in [9.17, 15) is 22.4 Å². The first kappa shape index (κ1) is 13.3. The highest BCUT2D eigenvalue weighted by atomic mass is 19.4. The van der Waals surface area contributed by atoms with Gasteiger partial charge in [0, 0.05) is 5.56 Å². The van der Waals surface area contributed by atoms with Gasteiger partial charge in [-0.1, -0.05) is 18.2 Å². The quantitative estimate of drug-likeness (QED) is 0.585. The fraction of sp³-hybridized carbons (Fsp3) is 0.0714. The lowest BCUT2D eigenvalue weighted by atomic mass is 9.97. The van der Waals surface area contributed by atoms with Gasteiger partial charge in [-0.15, -0.1) is 0 Å². The van der Waals surface area contributed by atoms with Crippen LogP contribution in [0, 0.1) is 5.82 Å². The van der Waals surface area contributed by atoms with Gasteiger partial charge < -0.3 is 0 Å². The zero-order valence-corrected chi connectivity index (χ0v) is 9.54. The molecule has 1 nitrogen and oxygen atoms in total. The average molecular weight is 268 g/mol. The molecule has 0 N–H and O–H groups in total. The van der Waals surface area contributed by atoms with Crippen LogP contribution in [-0.4, -0.2) is 6.29 Å². The molecule has 0 spiro atoms. The monoisotopic (exact) mass is 268 g/mol. The predicted octanol–water partition coefficient (Wildman–Crippen LogP) is 4.32. The lowest BCUT2D eigenvalue weighted by molar-refractivity contribution is -0.137. The molecule has 2 rings (SSSR count). The number of carbonyl (C=O) groups is 1. The van der Waals surface area contributed by atoms with Gasteiger partial charge in [-0.25, -0.2) is 4.39 Å². The molecule has 0 heterocycles. The first-order valence-corrected chi connectivity index (χ1v) is 5.34. The Morgan fingerprint density at radius 2 is 1.58 bits per heavy atom. The van der Waals surface area contributed by atoms with Crippen molar-refractivity contribution < 1.29 is 22.4 Å². The summed E-state index contributed by atoms with van der Waals surface area (Å²) in [5, 5.41) is 0. The summed E-state index contributed by atoms with van der Waals surface area (Å²) >= 11 is 0. The summed E-state index contributed by atoms with van der Waals surface area (Å²) in [7, 11) is 0. The van der Waals surface area contributed by atoms with Crippen LogP contribution >= 0.6 is 0 Å². The van der Waals surface area contributed by atoms with Crippen molar-refractivity contribution in [2.24, 2.45) is 0 Å². The van der Waals surface area contributed by atoms with Crippen LogP contribution in [0.5, 0.6) is 0 Å². The van der Waals surface area contributed by atoms with Gasteiger partial charge >= 0.3 is 6.18 Å². The Morgan fingerprint density at radius 3 is 2.11 bits per heavy atom. The summed E-state index contributed by atoms with van der Waals surface area (Å²) < 4.78 is 51.5. The number of aldehydes is 1. The third kappa shape index (κ3) is 2.81. The van der Waals surface area contributed by atoms with Gasteiger partial charge in [0.05, 0.1) is 5.56 Å². The largest absolute Gasteiger partial charge is 0.417 e. The summed E-state index contributed by atoms with van der Waals surface area (Å²) in [5.41, 5.74) is -0.661. The minimum Gasteiger partial charge on any atom is -0.298 e. The van der Waals surface area contributed by atoms with Crippen LogP contribution in [0.1, 0.15) is 15.9 Å². The van der Waals surface area contributed by atoms with Crippen LogP contribution in [0.3, 0.4) is 0 Å². The number of hydrogen-bond donors (Lipinski definition) is 0. The van der Waals surface area contributed by atoms with E-state index in [2.05, 4.69) is 0 Å². The minimum absolute atomic E-state index is 0.132. The molecule has 0 aliphatic heterocycles. The van der Waals surface area contributed by atoms with Crippen LogP contribution in [0.25, 0.3) is 11.1 Å². The maximum absolute atomic E-state index is 12.9. The van der Waals surface area contributed by atoms with Crippen molar-refractivity contribution in [1.29, 1.82) is 0 Å². The SMILES string of the molecule is O=Cc1ccc(C(F)(F)F)c(-c2ccc(F)cc2)c1. The second-order valence-electron chi connectivity index (χ2n) is 3.93. The molecule has 2 aromatic rings. The van der Waals surface area contributed by atoms with E-state index >= 15 is 0 Å². The predicted molar refractivity (Wildman–Crippen MR) is 62.2 cm³/mol. The fourth-order valence-corrected chi connectivity index (χ4v) is 1.75. The van der Waals surface area contributed by atoms with E-state index in [0.29, 0.717) is 6.29 Å². The van der Waals surface area contributed by atoms with E-state index in [4.69, 9.17) is 0 Å². The highest BCUT2D eigenvalue weighted by Crippen LogP contribution is 2.37. The third-order valence-electron chi connectivity index (χ3n) is 2.64. The molecule has 0 aliphatic carbocycles. The van der Waals surface area contributed by atoms with Crippen molar-refractivity contribution in [2.75, 3.05) is 0 Å². The van der Waals surface area contributed by atoms with Crippen molar-refractivity contribution >= 4 is 6.29 Å². The molecule has 0 saturated carbocycles. The molecule has 19 heavy (non-hydrogen) atoms. The number of rotatable bonds is 2. The van der Waals surface area contributed by atoms with Crippen molar-refractivity contribution in [3.05, 3.63) is 59.4 Å². The number of hydrogen-bond acceptors (Lipinski definition) is 1. The van der Waals surface area contributed by atoms with Crippen molar-refractivity contribution in [2.45, 2.75) is 6.18 Å². The van der Waals surface area contributed by atoms with E-state index in [0.717, 1.165) is 30.3 Å². The Hall–Kier alpha value is -2.17. The Labute approximate surface area is 106 Å². The van der Waals surface area contributed by atoms with Crippen LogP contribution < -0.4 is 0 Å². The second-order valence-corrected chi connectivity index (χ2v) is 3.93. The van der Waals surface area contributed by atoms with E-state index in [1.54, 1.807) is 0 Å². The van der Waals surface area contributed by atoms with E-state index < -0.39 is 17.6 Å². The molecule has 0 saturated heterocycles. The number of alkyl halides is 3. The van der Waals surface area contributed by atoms with Crippen molar-refractivity contribution in [3.63, 3.8) is 0 Å². The molecule has 0 aliphatic rings. The highest BCUT2D eigenvalue weighted by Gasteiger charge is 2.33. The molecule has 0 bridgehead atoms. The van der Waals surface area contributed by atoms with Gasteiger partial charge in [0.15, 0.2) is 0 Å². The zero-order chi connectivity index (χ0) is 14.0. The summed E-state index contributed by atoms with van der Waals surface area (Å²) in [6.45, 7) is 0. The molecule has 0 atom stereocenters. The number of halogens is 4. The summed E-state index contributed by atoms with van der Waals surface area (Å²) in [5.74, 6) is -0.538. The molecular weight excluding hydrogens is 260 g/mol. The topological polar surface area (TPSA) is 17.1 Å². The summed E-state index contributed by atoms with van der Waals surface area (Å²) in [4.78, 5) is 10.7. The maximum atomic E-state index is 12.9. The van der Waals surface area contributed by atoms with Crippen LogP contribution in [-0.2, 0) is 6.18 Å². The van der Waals surface area contributed by atoms with Gasteiger partial charge in [-0.3, -0.25) is 4.79 Å². The summed E-state index contributed by atoms with van der Waals surface area (Å²) in [6.07, 6.45) is -4.07. The van der Waals surface area contributed by atoms with Crippen LogP contribution in [0.15, 0.2) is 42.5 Å². The Morgan fingerprint density at radius 1 is 0.947 bits per heavy atom.